The van der Waals surface area contributed by atoms with Crippen molar-refractivity contribution in [2.24, 2.45) is 0 Å². The molecule has 1 aromatic heterocycles. The van der Waals surface area contributed by atoms with E-state index in [4.69, 9.17) is 9.47 Å². The topological polar surface area (TPSA) is 56.6 Å². The van der Waals surface area contributed by atoms with Crippen molar-refractivity contribution in [2.45, 2.75) is 31.8 Å². The van der Waals surface area contributed by atoms with Crippen molar-refractivity contribution >= 4 is 5.91 Å². The summed E-state index contributed by atoms with van der Waals surface area (Å²) in [4.78, 5) is 18.9. The number of hydrogen-bond acceptors (Lipinski definition) is 4. The van der Waals surface area contributed by atoms with Crippen LogP contribution in [0.2, 0.25) is 0 Å². The molecule has 0 N–H and O–H groups in total. The first kappa shape index (κ1) is 16.4. The van der Waals surface area contributed by atoms with Crippen LogP contribution in [-0.2, 0) is 4.79 Å². The Bertz CT molecular complexity index is 700. The number of aromatic nitrogens is 2. The number of nitrogens with zero attached hydrogens (tertiary/aromatic N) is 3. The van der Waals surface area contributed by atoms with Crippen molar-refractivity contribution in [1.82, 2.24) is 14.5 Å². The van der Waals surface area contributed by atoms with Crippen LogP contribution in [0.5, 0.6) is 11.5 Å². The van der Waals surface area contributed by atoms with Crippen LogP contribution < -0.4 is 9.47 Å². The van der Waals surface area contributed by atoms with E-state index in [9.17, 15) is 4.79 Å². The van der Waals surface area contributed by atoms with E-state index in [0.717, 1.165) is 24.9 Å². The third-order valence-corrected chi connectivity index (χ3v) is 4.66. The Balaban J connectivity index is 1.84. The van der Waals surface area contributed by atoms with Crippen LogP contribution in [0.3, 0.4) is 0 Å². The zero-order valence-corrected chi connectivity index (χ0v) is 14.3. The summed E-state index contributed by atoms with van der Waals surface area (Å²) in [5.41, 5.74) is 1.08. The second-order valence-corrected chi connectivity index (χ2v) is 5.99. The van der Waals surface area contributed by atoms with Gasteiger partial charge in [-0.25, -0.2) is 4.98 Å². The van der Waals surface area contributed by atoms with E-state index in [1.54, 1.807) is 26.7 Å². The van der Waals surface area contributed by atoms with Crippen LogP contribution in [0.15, 0.2) is 36.9 Å². The predicted octanol–water partition coefficient (Wildman–Crippen LogP) is 2.83. The van der Waals surface area contributed by atoms with Crippen molar-refractivity contribution in [3.8, 4) is 11.5 Å². The number of amides is 1. The van der Waals surface area contributed by atoms with Gasteiger partial charge in [0.15, 0.2) is 11.5 Å². The Hall–Kier alpha value is -2.50. The molecule has 2 atom stereocenters. The maximum atomic E-state index is 12.9. The minimum Gasteiger partial charge on any atom is -0.493 e. The molecule has 0 spiro atoms. The average molecular weight is 329 g/mol. The summed E-state index contributed by atoms with van der Waals surface area (Å²) in [7, 11) is 3.25. The molecule has 0 radical (unpaired) electrons. The van der Waals surface area contributed by atoms with Gasteiger partial charge in [-0.2, -0.15) is 0 Å². The fraction of sp³-hybridized carbons (Fsp3) is 0.444. The number of rotatable bonds is 5. The molecule has 1 saturated heterocycles. The predicted molar refractivity (Wildman–Crippen MR) is 90.2 cm³/mol. The first-order chi connectivity index (χ1) is 11.7. The van der Waals surface area contributed by atoms with Gasteiger partial charge < -0.3 is 18.9 Å². The van der Waals surface area contributed by atoms with Crippen molar-refractivity contribution in [1.29, 1.82) is 0 Å². The maximum Gasteiger partial charge on any atom is 0.245 e. The highest BCUT2D eigenvalue weighted by molar-refractivity contribution is 5.81. The van der Waals surface area contributed by atoms with Crippen molar-refractivity contribution < 1.29 is 14.3 Å². The Labute approximate surface area is 142 Å². The quantitative estimate of drug-likeness (QED) is 0.846. The number of benzene rings is 1. The molecule has 1 fully saturated rings. The number of methoxy groups -OCH3 is 2. The molecule has 1 aliphatic heterocycles. The third-order valence-electron chi connectivity index (χ3n) is 4.66. The summed E-state index contributed by atoms with van der Waals surface area (Å²) < 4.78 is 12.5. The zero-order valence-electron chi connectivity index (χ0n) is 14.3. The highest BCUT2D eigenvalue weighted by Gasteiger charge is 2.33. The summed E-state index contributed by atoms with van der Waals surface area (Å²) in [6, 6.07) is 5.70. The van der Waals surface area contributed by atoms with E-state index < -0.39 is 0 Å². The van der Waals surface area contributed by atoms with Crippen molar-refractivity contribution in [3.63, 3.8) is 0 Å². The number of imidazole rings is 1. The second kappa shape index (κ2) is 6.95. The molecule has 2 heterocycles. The summed E-state index contributed by atoms with van der Waals surface area (Å²) in [5.74, 6) is 1.51. The Morgan fingerprint density at radius 3 is 2.75 bits per heavy atom. The van der Waals surface area contributed by atoms with E-state index >= 15 is 0 Å². The smallest absolute Gasteiger partial charge is 0.245 e. The molecule has 6 heteroatoms. The van der Waals surface area contributed by atoms with E-state index in [1.807, 2.05) is 40.8 Å². The molecule has 0 aliphatic carbocycles. The summed E-state index contributed by atoms with van der Waals surface area (Å²) in [6.45, 7) is 2.69. The Morgan fingerprint density at radius 2 is 2.08 bits per heavy atom. The normalized spacial score (nSPS) is 18.5. The lowest BCUT2D eigenvalue weighted by atomic mass is 10.0. The third kappa shape index (κ3) is 2.96. The lowest BCUT2D eigenvalue weighted by Crippen LogP contribution is -2.35. The van der Waals surface area contributed by atoms with Gasteiger partial charge in [-0.1, -0.05) is 6.07 Å². The van der Waals surface area contributed by atoms with Crippen LogP contribution in [0.1, 0.15) is 37.4 Å². The van der Waals surface area contributed by atoms with Crippen LogP contribution >= 0.6 is 0 Å². The van der Waals surface area contributed by atoms with Gasteiger partial charge in [-0.05, 0) is 37.5 Å². The van der Waals surface area contributed by atoms with Gasteiger partial charge >= 0.3 is 0 Å². The molecule has 1 aromatic carbocycles. The lowest BCUT2D eigenvalue weighted by molar-refractivity contribution is -0.135. The monoisotopic (exact) mass is 329 g/mol. The Morgan fingerprint density at radius 1 is 1.29 bits per heavy atom. The van der Waals surface area contributed by atoms with E-state index in [-0.39, 0.29) is 18.0 Å². The maximum absolute atomic E-state index is 12.9. The fourth-order valence-corrected chi connectivity index (χ4v) is 3.30. The number of carbonyl (C=O) groups is 1. The molecular formula is C18H23N3O3. The van der Waals surface area contributed by atoms with Gasteiger partial charge in [-0.3, -0.25) is 4.79 Å². The lowest BCUT2D eigenvalue weighted by Gasteiger charge is -2.28. The molecular weight excluding hydrogens is 306 g/mol. The standard InChI is InChI=1S/C18H23N3O3/c1-13(20-10-8-19-12-20)18(22)21-9-4-5-15(21)14-6-7-16(23-2)17(11-14)24-3/h6-8,10-13,15H,4-5,9H2,1-3H3. The van der Waals surface area contributed by atoms with Gasteiger partial charge in [0.25, 0.3) is 0 Å². The number of carbonyl (C=O) groups excluding carboxylic acids is 1. The molecule has 0 bridgehead atoms. The minimum atomic E-state index is -0.256. The number of hydrogen-bond donors (Lipinski definition) is 0. The summed E-state index contributed by atoms with van der Waals surface area (Å²) in [6.07, 6.45) is 7.16. The number of likely N-dealkylation sites (tertiary alicyclic amines) is 1. The van der Waals surface area contributed by atoms with Crippen molar-refractivity contribution in [2.75, 3.05) is 20.8 Å². The highest BCUT2D eigenvalue weighted by atomic mass is 16.5. The van der Waals surface area contributed by atoms with Gasteiger partial charge in [-0.15, -0.1) is 0 Å². The van der Waals surface area contributed by atoms with Crippen LogP contribution in [0, 0.1) is 0 Å². The SMILES string of the molecule is COc1ccc(C2CCCN2C(=O)C(C)n2ccnc2)cc1OC. The van der Waals surface area contributed by atoms with E-state index in [0.29, 0.717) is 11.5 Å². The van der Waals surface area contributed by atoms with Gasteiger partial charge in [0.2, 0.25) is 5.91 Å². The van der Waals surface area contributed by atoms with Gasteiger partial charge in [0, 0.05) is 18.9 Å². The van der Waals surface area contributed by atoms with E-state index in [1.165, 1.54) is 0 Å². The molecule has 2 aromatic rings. The average Bonchev–Trinajstić information content (AvgIpc) is 3.31. The molecule has 1 aliphatic rings. The summed E-state index contributed by atoms with van der Waals surface area (Å²) >= 11 is 0. The molecule has 128 valence electrons. The van der Waals surface area contributed by atoms with Gasteiger partial charge in [0.1, 0.15) is 6.04 Å². The molecule has 2 unspecified atom stereocenters. The van der Waals surface area contributed by atoms with Crippen molar-refractivity contribution in [3.05, 3.63) is 42.5 Å². The minimum absolute atomic E-state index is 0.0725. The second-order valence-electron chi connectivity index (χ2n) is 5.99. The van der Waals surface area contributed by atoms with Crippen LogP contribution in [0.25, 0.3) is 0 Å². The largest absolute Gasteiger partial charge is 0.493 e. The number of ether oxygens (including phenoxy) is 2. The first-order valence-electron chi connectivity index (χ1n) is 8.15. The van der Waals surface area contributed by atoms with Crippen LogP contribution in [-0.4, -0.2) is 41.1 Å². The summed E-state index contributed by atoms with van der Waals surface area (Å²) in [5, 5.41) is 0. The van der Waals surface area contributed by atoms with Gasteiger partial charge in [0.05, 0.1) is 26.6 Å². The Kier molecular flexibility index (Phi) is 4.74. The molecule has 6 nitrogen and oxygen atoms in total. The first-order valence-corrected chi connectivity index (χ1v) is 8.15. The molecule has 3 rings (SSSR count). The highest BCUT2D eigenvalue weighted by Crippen LogP contribution is 2.37. The van der Waals surface area contributed by atoms with Crippen LogP contribution in [0.4, 0.5) is 0 Å². The fourth-order valence-electron chi connectivity index (χ4n) is 3.30. The molecule has 0 saturated carbocycles. The molecule has 24 heavy (non-hydrogen) atoms. The zero-order chi connectivity index (χ0) is 17.1. The van der Waals surface area contributed by atoms with E-state index in [2.05, 4.69) is 4.98 Å². The molecule has 1 amide bonds.